The number of nitrogens with zero attached hydrogens (tertiary/aromatic N) is 2. The monoisotopic (exact) mass is 432 g/mol. The van der Waals surface area contributed by atoms with Crippen molar-refractivity contribution < 1.29 is 0 Å². The van der Waals surface area contributed by atoms with E-state index in [4.69, 9.17) is 82.2 Å². The lowest BCUT2D eigenvalue weighted by molar-refractivity contribution is 1.18. The van der Waals surface area contributed by atoms with Crippen LogP contribution >= 0.6 is 11.6 Å². The minimum absolute atomic E-state index is 0.0387. The molecule has 0 fully saturated rings. The topological polar surface area (TPSA) is 25.8 Å². The highest BCUT2D eigenvalue weighted by Crippen LogP contribution is 2.22. The van der Waals surface area contributed by atoms with Crippen molar-refractivity contribution in [3.63, 3.8) is 0 Å². The van der Waals surface area contributed by atoms with E-state index in [-0.39, 0.29) is 71.0 Å². The molecule has 0 amide bonds. The summed E-state index contributed by atoms with van der Waals surface area (Å²) < 4.78 is 0. The smallest absolute Gasteiger partial charge is 0.161 e. The maximum absolute atomic E-state index is 6.43. The van der Waals surface area contributed by atoms with Gasteiger partial charge in [0.25, 0.3) is 0 Å². The summed E-state index contributed by atoms with van der Waals surface area (Å²) in [6.07, 6.45) is 0. The summed E-state index contributed by atoms with van der Waals surface area (Å²) in [7, 11) is 56.1. The highest BCUT2D eigenvalue weighted by atomic mass is 35.5. The maximum atomic E-state index is 6.43. The molecule has 34 heavy (non-hydrogen) atoms. The molecule has 0 saturated heterocycles. The van der Waals surface area contributed by atoms with Crippen molar-refractivity contribution in [3.8, 4) is 33.8 Å². The van der Waals surface area contributed by atoms with Gasteiger partial charge in [0.05, 0.1) is 5.69 Å². The van der Waals surface area contributed by atoms with E-state index in [9.17, 15) is 0 Å². The summed E-state index contributed by atoms with van der Waals surface area (Å²) in [6, 6.07) is 10.8. The molecule has 4 aromatic rings. The average Bonchev–Trinajstić information content (AvgIpc) is 2.82. The van der Waals surface area contributed by atoms with Gasteiger partial charge in [0, 0.05) is 11.6 Å². The van der Waals surface area contributed by atoms with Crippen molar-refractivity contribution in [2.24, 2.45) is 0 Å². The third-order valence-corrected chi connectivity index (χ3v) is 5.78. The van der Waals surface area contributed by atoms with Crippen LogP contribution in [-0.2, 0) is 0 Å². The molecule has 3 aromatic carbocycles. The minimum atomic E-state index is 0.0387. The maximum Gasteiger partial charge on any atom is 0.161 e. The zero-order valence-corrected chi connectivity index (χ0v) is 18.7. The van der Waals surface area contributed by atoms with Crippen LogP contribution in [0, 0.1) is 0 Å². The molecule has 0 unspecified atom stereocenters. The van der Waals surface area contributed by atoms with Crippen LogP contribution in [0.4, 0.5) is 0 Å². The lowest BCUT2D eigenvalue weighted by Crippen LogP contribution is -2.57. The van der Waals surface area contributed by atoms with Gasteiger partial charge < -0.3 is 0 Å². The fraction of sp³-hybridized carbons (Fsp3) is 0. The lowest BCUT2D eigenvalue weighted by Gasteiger charge is -2.28. The second kappa shape index (κ2) is 9.34. The van der Waals surface area contributed by atoms with Crippen LogP contribution in [0.3, 0.4) is 0 Å². The number of halogens is 1. The first-order valence-corrected chi connectivity index (χ1v) is 10.3. The number of aromatic nitrogens is 2. The third-order valence-electron chi connectivity index (χ3n) is 5.59. The van der Waals surface area contributed by atoms with E-state index < -0.39 is 0 Å². The molecule has 0 aliphatic heterocycles. The van der Waals surface area contributed by atoms with E-state index in [0.29, 0.717) is 11.5 Å². The van der Waals surface area contributed by atoms with Gasteiger partial charge in [-0.3, -0.25) is 0 Å². The molecule has 0 bridgehead atoms. The molecule has 138 valence electrons. The van der Waals surface area contributed by atoms with Gasteiger partial charge in [-0.05, 0) is 16.7 Å². The highest BCUT2D eigenvalue weighted by Gasteiger charge is 2.21. The van der Waals surface area contributed by atoms with Crippen LogP contribution in [0.5, 0.6) is 0 Å². The third kappa shape index (κ3) is 4.03. The molecule has 18 radical (unpaired) electrons. The van der Waals surface area contributed by atoms with Gasteiger partial charge in [0.1, 0.15) is 75.8 Å². The van der Waals surface area contributed by atoms with Gasteiger partial charge in [-0.2, -0.15) is 0 Å². The van der Waals surface area contributed by atoms with Gasteiger partial charge in [0.15, 0.2) is 5.82 Å². The highest BCUT2D eigenvalue weighted by molar-refractivity contribution is 6.70. The Bertz CT molecular complexity index is 1400. The lowest BCUT2D eigenvalue weighted by atomic mass is 9.56. The van der Waals surface area contributed by atoms with Crippen LogP contribution in [0.2, 0.25) is 5.15 Å². The molecule has 2 nitrogen and oxygen atoms in total. The molecule has 0 saturated carbocycles. The molecule has 0 atom stereocenters. The van der Waals surface area contributed by atoms with Gasteiger partial charge in [0.2, 0.25) is 0 Å². The van der Waals surface area contributed by atoms with Crippen LogP contribution in [0.1, 0.15) is 0 Å². The summed E-state index contributed by atoms with van der Waals surface area (Å²) in [6.45, 7) is 0. The normalized spacial score (nSPS) is 11.0. The fourth-order valence-electron chi connectivity index (χ4n) is 3.76. The molecule has 4 rings (SSSR count). The van der Waals surface area contributed by atoms with E-state index >= 15 is 0 Å². The van der Waals surface area contributed by atoms with Crippen LogP contribution in [-0.4, -0.2) is 80.6 Å². The van der Waals surface area contributed by atoms with E-state index in [1.807, 2.05) is 30.3 Å². The predicted molar refractivity (Wildman–Crippen MR) is 152 cm³/mol. The van der Waals surface area contributed by atoms with Crippen LogP contribution in [0.25, 0.3) is 33.8 Å². The first-order valence-electron chi connectivity index (χ1n) is 9.92. The Morgan fingerprint density at radius 1 is 0.500 bits per heavy atom. The number of hydrogen-bond acceptors (Lipinski definition) is 2. The van der Waals surface area contributed by atoms with Crippen molar-refractivity contribution in [3.05, 3.63) is 41.6 Å². The van der Waals surface area contributed by atoms with Crippen molar-refractivity contribution in [1.82, 2.24) is 9.97 Å². The molecule has 1 aromatic heterocycles. The van der Waals surface area contributed by atoms with E-state index in [1.165, 1.54) is 6.07 Å². The van der Waals surface area contributed by atoms with Crippen molar-refractivity contribution in [2.45, 2.75) is 0 Å². The van der Waals surface area contributed by atoms with Gasteiger partial charge in [-0.25, -0.2) is 9.97 Å². The Labute approximate surface area is 216 Å². The molecular formula is C22H6B9ClN2. The largest absolute Gasteiger partial charge is 0.228 e. The number of rotatable bonds is 3. The zero-order chi connectivity index (χ0) is 24.9. The molecule has 0 N–H and O–H groups in total. The molecule has 0 aliphatic carbocycles. The standard InChI is InChI=1S/C22H6B9ClN2/c23-13-10(8-6-9(32)34-22(33-8)7-4-2-1-3-5-7)14(24)16(26)11(15(13)25)12-17(27)19(29)21(31)20(30)18(12)28/h1-6H. The summed E-state index contributed by atoms with van der Waals surface area (Å²) in [5.74, 6) is 0.371. The van der Waals surface area contributed by atoms with E-state index in [2.05, 4.69) is 9.97 Å². The van der Waals surface area contributed by atoms with Crippen molar-refractivity contribution in [1.29, 1.82) is 0 Å². The fourth-order valence-corrected chi connectivity index (χ4v) is 3.94. The van der Waals surface area contributed by atoms with E-state index in [0.717, 1.165) is 5.56 Å². The summed E-state index contributed by atoms with van der Waals surface area (Å²) in [4.78, 5) is 8.87. The van der Waals surface area contributed by atoms with Crippen LogP contribution < -0.4 is 49.2 Å². The second-order valence-corrected chi connectivity index (χ2v) is 8.00. The van der Waals surface area contributed by atoms with Gasteiger partial charge in [-0.15, -0.1) is 16.4 Å². The molecular weight excluding hydrogens is 425 g/mol. The minimum Gasteiger partial charge on any atom is -0.228 e. The Morgan fingerprint density at radius 3 is 1.41 bits per heavy atom. The molecule has 0 aliphatic rings. The zero-order valence-electron chi connectivity index (χ0n) is 17.9. The summed E-state index contributed by atoms with van der Waals surface area (Å²) in [5.41, 5.74) is 2.25. The van der Waals surface area contributed by atoms with Gasteiger partial charge >= 0.3 is 0 Å². The molecule has 12 heteroatoms. The Balaban J connectivity index is 2.01. The second-order valence-electron chi connectivity index (χ2n) is 7.61. The quantitative estimate of drug-likeness (QED) is 0.241. The Morgan fingerprint density at radius 2 is 0.912 bits per heavy atom. The van der Waals surface area contributed by atoms with Crippen LogP contribution in [0.15, 0.2) is 36.4 Å². The van der Waals surface area contributed by atoms with Gasteiger partial charge in [-0.1, -0.05) is 74.7 Å². The molecule has 1 heterocycles. The van der Waals surface area contributed by atoms with Crippen molar-refractivity contribution in [2.75, 3.05) is 0 Å². The predicted octanol–water partition coefficient (Wildman–Crippen LogP) is -4.72. The number of benzene rings is 3. The SMILES string of the molecule is [B]c1c([B])c([B])c(-c2c([B])c([B])c(-c3cc(Cl)nc(-c4ccccc4)n3)c([B])c2[B])c([B])c1[B]. The summed E-state index contributed by atoms with van der Waals surface area (Å²) in [5, 5.41) is 0.177. The summed E-state index contributed by atoms with van der Waals surface area (Å²) >= 11 is 6.28. The first kappa shape index (κ1) is 24.7. The molecule has 0 spiro atoms. The average molecular weight is 431 g/mol. The first-order chi connectivity index (χ1) is 16.0. The number of hydrogen-bond donors (Lipinski definition) is 0. The van der Waals surface area contributed by atoms with Crippen molar-refractivity contribution >= 4 is 131 Å². The Hall–Kier alpha value is -2.39. The van der Waals surface area contributed by atoms with E-state index in [1.54, 1.807) is 0 Å². The Kier molecular flexibility index (Phi) is 6.79.